The molecule has 0 nitrogen and oxygen atoms in total. The van der Waals surface area contributed by atoms with Crippen LogP contribution in [-0.4, -0.2) is 0 Å². The van der Waals surface area contributed by atoms with Gasteiger partial charge in [0.05, 0.1) is 0 Å². The molecule has 21 heavy (non-hydrogen) atoms. The molecular weight excluding hydrogens is 331 g/mol. The summed E-state index contributed by atoms with van der Waals surface area (Å²) in [5.74, 6) is 0. The topological polar surface area (TPSA) is 0 Å². The summed E-state index contributed by atoms with van der Waals surface area (Å²) < 4.78 is 4.18. The van der Waals surface area contributed by atoms with Crippen molar-refractivity contribution in [2.45, 2.75) is 45.0 Å². The van der Waals surface area contributed by atoms with Crippen molar-refractivity contribution in [2.75, 3.05) is 0 Å². The van der Waals surface area contributed by atoms with E-state index in [1.54, 1.807) is 5.56 Å². The third-order valence-electron chi connectivity index (χ3n) is 5.55. The zero-order valence-corrected chi connectivity index (χ0v) is 16.1. The molecule has 1 unspecified atom stereocenters. The summed E-state index contributed by atoms with van der Waals surface area (Å²) in [6.07, 6.45) is 13.2. The van der Waals surface area contributed by atoms with E-state index in [9.17, 15) is 0 Å². The molecule has 2 aliphatic carbocycles. The third-order valence-corrected chi connectivity index (χ3v) is 22.4. The van der Waals surface area contributed by atoms with Crippen LogP contribution >= 0.6 is 0 Å². The van der Waals surface area contributed by atoms with Crippen LogP contribution in [0.2, 0.25) is 7.25 Å². The van der Waals surface area contributed by atoms with Gasteiger partial charge in [-0.1, -0.05) is 0 Å². The van der Waals surface area contributed by atoms with Gasteiger partial charge in [0.15, 0.2) is 0 Å². The fraction of sp³-hybridized carbons (Fsp3) is 0.400. The molecule has 0 heterocycles. The first-order valence-electron chi connectivity index (χ1n) is 8.21. The quantitative estimate of drug-likeness (QED) is 0.584. The van der Waals surface area contributed by atoms with E-state index in [-0.39, 0.29) is 0 Å². The first-order valence-corrected chi connectivity index (χ1v) is 13.7. The van der Waals surface area contributed by atoms with Crippen LogP contribution in [0.15, 0.2) is 51.9 Å². The second-order valence-corrected chi connectivity index (χ2v) is 20.4. The second kappa shape index (κ2) is 5.84. The predicted molar refractivity (Wildman–Crippen MR) is 90.3 cm³/mol. The number of allylic oxidation sites excluding steroid dienone is 5. The van der Waals surface area contributed by atoms with Crippen LogP contribution in [0, 0.1) is 0 Å². The number of hydrogen-bond donors (Lipinski definition) is 0. The van der Waals surface area contributed by atoms with Crippen molar-refractivity contribution in [1.29, 1.82) is 0 Å². The van der Waals surface area contributed by atoms with Gasteiger partial charge in [0.25, 0.3) is 0 Å². The number of fused-ring (bicyclic) bond motifs is 1. The van der Waals surface area contributed by atoms with Crippen molar-refractivity contribution >= 4 is 6.08 Å². The van der Waals surface area contributed by atoms with Crippen LogP contribution in [0.1, 0.15) is 48.9 Å². The summed E-state index contributed by atoms with van der Waals surface area (Å²) in [6.45, 7) is 9.96. The summed E-state index contributed by atoms with van der Waals surface area (Å²) in [7, 11) is 0. The van der Waals surface area contributed by atoms with Crippen molar-refractivity contribution in [2.24, 2.45) is 0 Å². The molecular formula is C20H26Zr. The molecule has 0 aliphatic heterocycles. The standard InChI is InChI=1S/C9H7.C5H5.2C3H7.Zr/c1-2-5-9-7-3-6-8(9)4-1;1-2-4-5-3-1;2*1-3-2;/h1-7H;1-3H,4H2;2*3H,1-2H3;. The maximum atomic E-state index is 2.54. The Labute approximate surface area is 134 Å². The molecule has 0 radical (unpaired) electrons. The van der Waals surface area contributed by atoms with Crippen molar-refractivity contribution in [3.05, 3.63) is 63.0 Å². The molecule has 0 bridgehead atoms. The molecule has 0 aromatic heterocycles. The van der Waals surface area contributed by atoms with Crippen LogP contribution in [0.25, 0.3) is 6.08 Å². The van der Waals surface area contributed by atoms with Crippen molar-refractivity contribution in [1.82, 2.24) is 0 Å². The summed E-state index contributed by atoms with van der Waals surface area (Å²) in [5, 5.41) is 0. The summed E-state index contributed by atoms with van der Waals surface area (Å²) in [4.78, 5) is 0. The average molecular weight is 358 g/mol. The van der Waals surface area contributed by atoms with E-state index in [4.69, 9.17) is 0 Å². The van der Waals surface area contributed by atoms with Crippen LogP contribution in [-0.2, 0) is 20.3 Å². The summed E-state index contributed by atoms with van der Waals surface area (Å²) >= 11 is -2.56. The molecule has 0 fully saturated rings. The number of rotatable bonds is 4. The Morgan fingerprint density at radius 2 is 1.76 bits per heavy atom. The Morgan fingerprint density at radius 1 is 1.05 bits per heavy atom. The van der Waals surface area contributed by atoms with Gasteiger partial charge in [0.1, 0.15) is 0 Å². The number of hydrogen-bond acceptors (Lipinski definition) is 0. The van der Waals surface area contributed by atoms with Crippen LogP contribution in [0.4, 0.5) is 0 Å². The Bertz CT molecular complexity index is 608. The molecule has 0 saturated heterocycles. The van der Waals surface area contributed by atoms with Crippen LogP contribution in [0.5, 0.6) is 0 Å². The van der Waals surface area contributed by atoms with E-state index < -0.39 is 20.3 Å². The van der Waals surface area contributed by atoms with E-state index in [2.05, 4.69) is 82.3 Å². The van der Waals surface area contributed by atoms with Gasteiger partial charge in [-0.15, -0.1) is 0 Å². The van der Waals surface area contributed by atoms with Gasteiger partial charge in [-0.3, -0.25) is 0 Å². The van der Waals surface area contributed by atoms with Crippen molar-refractivity contribution < 1.29 is 20.3 Å². The molecule has 1 atom stereocenters. The van der Waals surface area contributed by atoms with Gasteiger partial charge in [0.2, 0.25) is 0 Å². The Balaban J connectivity index is 2.15. The maximum absolute atomic E-state index is 2.56. The number of benzene rings is 1. The van der Waals surface area contributed by atoms with E-state index in [0.29, 0.717) is 3.63 Å². The van der Waals surface area contributed by atoms with Crippen LogP contribution < -0.4 is 0 Å². The molecule has 1 heteroatoms. The van der Waals surface area contributed by atoms with E-state index in [1.165, 1.54) is 12.0 Å². The van der Waals surface area contributed by atoms with E-state index in [0.717, 1.165) is 7.25 Å². The molecule has 2 aliphatic rings. The summed E-state index contributed by atoms with van der Waals surface area (Å²) in [6, 6.07) is 9.05. The van der Waals surface area contributed by atoms with Gasteiger partial charge >= 0.3 is 134 Å². The molecule has 1 aromatic carbocycles. The molecule has 110 valence electrons. The predicted octanol–water partition coefficient (Wildman–Crippen LogP) is 6.41. The fourth-order valence-corrected chi connectivity index (χ4v) is 21.2. The molecule has 0 amide bonds. The van der Waals surface area contributed by atoms with Crippen molar-refractivity contribution in [3.63, 3.8) is 0 Å². The minimum absolute atomic E-state index is 0.710. The zero-order chi connectivity index (χ0) is 15.0. The Morgan fingerprint density at radius 3 is 2.38 bits per heavy atom. The monoisotopic (exact) mass is 356 g/mol. The zero-order valence-electron chi connectivity index (χ0n) is 13.6. The molecule has 0 N–H and O–H groups in total. The SMILES string of the molecule is C[CH](C)[Zr]([C]1=CC=CC1)([CH](C)C)[CH]1C=Cc2ccccc21. The van der Waals surface area contributed by atoms with Crippen molar-refractivity contribution in [3.8, 4) is 0 Å². The second-order valence-electron chi connectivity index (χ2n) is 7.03. The Kier molecular flexibility index (Phi) is 4.24. The first-order chi connectivity index (χ1) is 10.1. The van der Waals surface area contributed by atoms with Gasteiger partial charge in [-0.25, -0.2) is 0 Å². The van der Waals surface area contributed by atoms with Crippen LogP contribution in [0.3, 0.4) is 0 Å². The fourth-order valence-electron chi connectivity index (χ4n) is 4.76. The Hall–Kier alpha value is -0.677. The van der Waals surface area contributed by atoms with Gasteiger partial charge in [0, 0.05) is 0 Å². The molecule has 3 rings (SSSR count). The third kappa shape index (κ3) is 2.29. The molecule has 0 spiro atoms. The average Bonchev–Trinajstić information content (AvgIpc) is 3.09. The molecule has 1 aromatic rings. The van der Waals surface area contributed by atoms with Gasteiger partial charge in [-0.2, -0.15) is 0 Å². The molecule has 0 saturated carbocycles. The minimum atomic E-state index is -2.56. The van der Waals surface area contributed by atoms with E-state index >= 15 is 0 Å². The summed E-state index contributed by atoms with van der Waals surface area (Å²) in [5.41, 5.74) is 3.06. The van der Waals surface area contributed by atoms with Gasteiger partial charge in [-0.05, 0) is 0 Å². The van der Waals surface area contributed by atoms with Gasteiger partial charge < -0.3 is 0 Å². The normalized spacial score (nSPS) is 20.5. The first kappa shape index (κ1) is 15.2. The van der Waals surface area contributed by atoms with E-state index in [1.807, 2.05) is 3.28 Å².